The lowest BCUT2D eigenvalue weighted by atomic mass is 9.87. The predicted octanol–water partition coefficient (Wildman–Crippen LogP) is 3.30. The first kappa shape index (κ1) is 20.3. The number of fused-ring (bicyclic) bond motifs is 1. The average molecular weight is 449 g/mol. The number of nitrogens with two attached hydrogens (primary N) is 1. The van der Waals surface area contributed by atoms with Gasteiger partial charge in [-0.2, -0.15) is 5.10 Å². The molecule has 5 rings (SSSR count). The Morgan fingerprint density at radius 3 is 2.75 bits per heavy atom. The summed E-state index contributed by atoms with van der Waals surface area (Å²) in [6, 6.07) is 11.1. The number of benzene rings is 1. The van der Waals surface area contributed by atoms with Crippen molar-refractivity contribution in [3.63, 3.8) is 0 Å². The molecule has 9 nitrogen and oxygen atoms in total. The quantitative estimate of drug-likeness (QED) is 0.428. The number of hydrogen-bond donors (Lipinski definition) is 3. The van der Waals surface area contributed by atoms with Gasteiger partial charge in [-0.25, -0.2) is 19.6 Å². The van der Waals surface area contributed by atoms with Crippen molar-refractivity contribution in [3.8, 4) is 11.3 Å². The Balaban J connectivity index is 1.51. The van der Waals surface area contributed by atoms with Gasteiger partial charge in [0.2, 0.25) is 0 Å². The molecule has 1 fully saturated rings. The first-order valence-electron chi connectivity index (χ1n) is 10.2. The molecule has 1 amide bonds. The van der Waals surface area contributed by atoms with E-state index in [1.165, 1.54) is 6.33 Å². The van der Waals surface area contributed by atoms with Gasteiger partial charge in [0.15, 0.2) is 5.65 Å². The Labute approximate surface area is 189 Å². The van der Waals surface area contributed by atoms with Crippen LogP contribution in [0.4, 0.5) is 11.6 Å². The fourth-order valence-electron chi connectivity index (χ4n) is 3.94. The van der Waals surface area contributed by atoms with Gasteiger partial charge in [0.1, 0.15) is 23.7 Å². The van der Waals surface area contributed by atoms with Crippen LogP contribution in [0, 0.1) is 0 Å². The Hall–Kier alpha value is -3.56. The summed E-state index contributed by atoms with van der Waals surface area (Å²) in [6.45, 7) is 0. The first-order chi connectivity index (χ1) is 15.5. The molecule has 4 aromatic rings. The number of nitrogens with one attached hydrogen (secondary N) is 2. The fraction of sp³-hybridized carbons (Fsp3) is 0.227. The lowest BCUT2D eigenvalue weighted by molar-refractivity contribution is 0.102. The van der Waals surface area contributed by atoms with E-state index in [4.69, 9.17) is 22.4 Å². The van der Waals surface area contributed by atoms with Crippen LogP contribution in [-0.4, -0.2) is 43.7 Å². The maximum absolute atomic E-state index is 12.6. The molecule has 10 heteroatoms. The molecular formula is C22H21ClN8O. The Kier molecular flexibility index (Phi) is 5.20. The highest BCUT2D eigenvalue weighted by molar-refractivity contribution is 6.34. The molecule has 0 saturated heterocycles. The lowest BCUT2D eigenvalue weighted by Crippen LogP contribution is -2.40. The highest BCUT2D eigenvalue weighted by Gasteiger charge is 2.33. The Morgan fingerprint density at radius 2 is 2.03 bits per heavy atom. The molecule has 0 atom stereocenters. The minimum Gasteiger partial charge on any atom is -0.383 e. The summed E-state index contributed by atoms with van der Waals surface area (Å²) >= 11 is 6.61. The van der Waals surface area contributed by atoms with Crippen LogP contribution in [0.25, 0.3) is 22.3 Å². The van der Waals surface area contributed by atoms with Crippen molar-refractivity contribution in [3.05, 3.63) is 59.5 Å². The normalized spacial score (nSPS) is 17.8. The largest absolute Gasteiger partial charge is 0.383 e. The van der Waals surface area contributed by atoms with Gasteiger partial charge in [0.25, 0.3) is 5.91 Å². The molecule has 4 N–H and O–H groups in total. The van der Waals surface area contributed by atoms with Crippen molar-refractivity contribution in [2.24, 2.45) is 0 Å². The van der Waals surface area contributed by atoms with Crippen molar-refractivity contribution in [1.29, 1.82) is 0 Å². The Bertz CT molecular complexity index is 1300. The van der Waals surface area contributed by atoms with Crippen LogP contribution in [0.5, 0.6) is 0 Å². The number of hydrogen-bond acceptors (Lipinski definition) is 7. The van der Waals surface area contributed by atoms with E-state index >= 15 is 0 Å². The monoisotopic (exact) mass is 448 g/mol. The van der Waals surface area contributed by atoms with Crippen LogP contribution in [-0.2, 0) is 0 Å². The average Bonchev–Trinajstić information content (AvgIpc) is 3.14. The SMILES string of the molecule is CN[C@H]1C[C@@H](n2nc(-c3ccc(C(=O)Nc4ccccn4)cc3Cl)c3c(N)ncnc32)C1. The van der Waals surface area contributed by atoms with Crippen molar-refractivity contribution in [1.82, 2.24) is 30.0 Å². The van der Waals surface area contributed by atoms with E-state index in [1.54, 1.807) is 42.6 Å². The van der Waals surface area contributed by atoms with Gasteiger partial charge in [0, 0.05) is 23.4 Å². The van der Waals surface area contributed by atoms with Crippen LogP contribution in [0.1, 0.15) is 29.2 Å². The minimum atomic E-state index is -0.303. The molecule has 1 saturated carbocycles. The van der Waals surface area contributed by atoms with E-state index in [0.717, 1.165) is 12.8 Å². The summed E-state index contributed by atoms with van der Waals surface area (Å²) in [4.78, 5) is 25.3. The summed E-state index contributed by atoms with van der Waals surface area (Å²) in [6.07, 6.45) is 4.97. The number of nitrogen functional groups attached to an aromatic ring is 1. The van der Waals surface area contributed by atoms with Gasteiger partial charge in [-0.1, -0.05) is 23.7 Å². The minimum absolute atomic E-state index is 0.222. The molecule has 1 aromatic carbocycles. The van der Waals surface area contributed by atoms with Crippen LogP contribution in [0.15, 0.2) is 48.9 Å². The number of pyridine rings is 1. The second-order valence-corrected chi connectivity index (χ2v) is 8.13. The van der Waals surface area contributed by atoms with Gasteiger partial charge in [-0.05, 0) is 44.2 Å². The third-order valence-electron chi connectivity index (χ3n) is 5.78. The highest BCUT2D eigenvalue weighted by Crippen LogP contribution is 2.39. The highest BCUT2D eigenvalue weighted by atomic mass is 35.5. The standard InChI is InChI=1S/C22H21ClN8O/c1-25-13-9-14(10-13)31-21-18(20(24)27-11-28-21)19(30-31)15-6-5-12(8-16(15)23)22(32)29-17-4-2-3-7-26-17/h2-8,11,13-14,25H,9-10H2,1H3,(H2,24,27,28)(H,26,29,32)/t13-,14+. The molecule has 3 aromatic heterocycles. The molecule has 3 heterocycles. The number of halogens is 1. The van der Waals surface area contributed by atoms with Crippen LogP contribution >= 0.6 is 11.6 Å². The summed E-state index contributed by atoms with van der Waals surface area (Å²) in [7, 11) is 1.96. The second-order valence-electron chi connectivity index (χ2n) is 7.73. The van der Waals surface area contributed by atoms with Gasteiger partial charge in [-0.3, -0.25) is 4.79 Å². The summed E-state index contributed by atoms with van der Waals surface area (Å²) in [5, 5.41) is 11.9. The summed E-state index contributed by atoms with van der Waals surface area (Å²) in [5.41, 5.74) is 8.56. The van der Waals surface area contributed by atoms with Gasteiger partial charge >= 0.3 is 0 Å². The molecule has 0 spiro atoms. The van der Waals surface area contributed by atoms with E-state index in [0.29, 0.717) is 50.6 Å². The van der Waals surface area contributed by atoms with Gasteiger partial charge in [0.05, 0.1) is 16.5 Å². The zero-order valence-corrected chi connectivity index (χ0v) is 18.0. The lowest BCUT2D eigenvalue weighted by Gasteiger charge is -2.35. The van der Waals surface area contributed by atoms with E-state index in [9.17, 15) is 4.79 Å². The topological polar surface area (TPSA) is 124 Å². The third-order valence-corrected chi connectivity index (χ3v) is 6.09. The van der Waals surface area contributed by atoms with Crippen molar-refractivity contribution in [2.75, 3.05) is 18.1 Å². The van der Waals surface area contributed by atoms with Crippen LogP contribution in [0.3, 0.4) is 0 Å². The van der Waals surface area contributed by atoms with E-state index in [-0.39, 0.29) is 11.9 Å². The van der Waals surface area contributed by atoms with Crippen molar-refractivity contribution >= 4 is 40.2 Å². The van der Waals surface area contributed by atoms with E-state index in [1.807, 2.05) is 11.7 Å². The fourth-order valence-corrected chi connectivity index (χ4v) is 4.21. The molecule has 162 valence electrons. The zero-order chi connectivity index (χ0) is 22.2. The van der Waals surface area contributed by atoms with Crippen molar-refractivity contribution in [2.45, 2.75) is 24.9 Å². The second kappa shape index (κ2) is 8.18. The molecular weight excluding hydrogens is 428 g/mol. The smallest absolute Gasteiger partial charge is 0.256 e. The number of carbonyl (C=O) groups excluding carboxylic acids is 1. The van der Waals surface area contributed by atoms with E-state index in [2.05, 4.69) is 25.6 Å². The molecule has 0 aliphatic heterocycles. The van der Waals surface area contributed by atoms with Gasteiger partial charge < -0.3 is 16.4 Å². The maximum atomic E-state index is 12.6. The molecule has 0 bridgehead atoms. The number of aromatic nitrogens is 5. The summed E-state index contributed by atoms with van der Waals surface area (Å²) < 4.78 is 1.91. The maximum Gasteiger partial charge on any atom is 0.256 e. The number of carbonyl (C=O) groups is 1. The summed E-state index contributed by atoms with van der Waals surface area (Å²) in [5.74, 6) is 0.504. The predicted molar refractivity (Wildman–Crippen MR) is 123 cm³/mol. The first-order valence-corrected chi connectivity index (χ1v) is 10.6. The molecule has 1 aliphatic carbocycles. The molecule has 1 aliphatic rings. The van der Waals surface area contributed by atoms with Gasteiger partial charge in [-0.15, -0.1) is 0 Å². The molecule has 0 unspecified atom stereocenters. The van der Waals surface area contributed by atoms with Crippen LogP contribution in [0.2, 0.25) is 5.02 Å². The Morgan fingerprint density at radius 1 is 1.19 bits per heavy atom. The molecule has 0 radical (unpaired) electrons. The molecule has 32 heavy (non-hydrogen) atoms. The number of rotatable bonds is 5. The van der Waals surface area contributed by atoms with Crippen LogP contribution < -0.4 is 16.4 Å². The van der Waals surface area contributed by atoms with E-state index < -0.39 is 0 Å². The number of amides is 1. The van der Waals surface area contributed by atoms with Crippen molar-refractivity contribution < 1.29 is 4.79 Å². The third kappa shape index (κ3) is 3.55. The number of nitrogens with zero attached hydrogens (tertiary/aromatic N) is 5. The number of anilines is 2. The zero-order valence-electron chi connectivity index (χ0n) is 17.3.